The van der Waals surface area contributed by atoms with E-state index in [1.165, 1.54) is 11.0 Å². The number of esters is 1. The second-order valence-corrected chi connectivity index (χ2v) is 7.70. The Morgan fingerprint density at radius 2 is 1.83 bits per heavy atom. The van der Waals surface area contributed by atoms with Crippen LogP contribution in [0.15, 0.2) is 18.2 Å². The minimum absolute atomic E-state index is 0.0392. The Labute approximate surface area is 173 Å². The van der Waals surface area contributed by atoms with E-state index in [9.17, 15) is 23.2 Å². The van der Waals surface area contributed by atoms with Crippen LogP contribution >= 0.6 is 11.3 Å². The number of likely N-dealkylation sites (tertiary alicyclic amines) is 1. The lowest BCUT2D eigenvalue weighted by Crippen LogP contribution is -2.46. The number of halogens is 2. The summed E-state index contributed by atoms with van der Waals surface area (Å²) in [6, 6.07) is 1.82. The number of hydrogen-bond acceptors (Lipinski definition) is 6. The van der Waals surface area contributed by atoms with E-state index in [1.54, 1.807) is 0 Å². The molecule has 1 aromatic carbocycles. The summed E-state index contributed by atoms with van der Waals surface area (Å²) in [5.74, 6) is -2.70. The van der Waals surface area contributed by atoms with Crippen molar-refractivity contribution < 1.29 is 27.9 Å². The van der Waals surface area contributed by atoms with Crippen molar-refractivity contribution in [1.29, 1.82) is 0 Å². The number of nitrogens with zero attached hydrogens (tertiary/aromatic N) is 1. The van der Waals surface area contributed by atoms with Crippen LogP contribution in [-0.2, 0) is 4.74 Å². The molecule has 12 heteroatoms. The topological polar surface area (TPSA) is 154 Å². The molecule has 1 aliphatic heterocycles. The summed E-state index contributed by atoms with van der Waals surface area (Å²) in [5.41, 5.74) is 15.2. The van der Waals surface area contributed by atoms with Crippen molar-refractivity contribution in [1.82, 2.24) is 4.90 Å². The van der Waals surface area contributed by atoms with Gasteiger partial charge in [0, 0.05) is 11.4 Å². The lowest BCUT2D eigenvalue weighted by Gasteiger charge is -2.31. The fourth-order valence-electron chi connectivity index (χ4n) is 3.07. The summed E-state index contributed by atoms with van der Waals surface area (Å²) >= 11 is 0.889. The molecule has 1 fully saturated rings. The highest BCUT2D eigenvalue weighted by molar-refractivity contribution is 7.20. The molecule has 0 saturated carbocycles. The van der Waals surface area contributed by atoms with E-state index in [2.05, 4.69) is 5.32 Å². The van der Waals surface area contributed by atoms with Crippen molar-refractivity contribution in [3.05, 3.63) is 35.4 Å². The van der Waals surface area contributed by atoms with Gasteiger partial charge in [-0.05, 0) is 36.6 Å². The minimum atomic E-state index is -0.958. The molecule has 9 nitrogen and oxygen atoms in total. The molecule has 0 aliphatic carbocycles. The van der Waals surface area contributed by atoms with Gasteiger partial charge >= 0.3 is 18.0 Å². The predicted molar refractivity (Wildman–Crippen MR) is 107 cm³/mol. The maximum Gasteiger partial charge on any atom is 0.341 e. The van der Waals surface area contributed by atoms with Gasteiger partial charge in [-0.25, -0.2) is 23.2 Å². The SMILES string of the molecule is NC(=O)Nc1sc(-c2cc(F)c(N)c(F)c2)cc1C(=O)OC1CCCN(C(N)=O)C1. The largest absolute Gasteiger partial charge is 0.457 e. The van der Waals surface area contributed by atoms with Crippen molar-refractivity contribution in [2.45, 2.75) is 18.9 Å². The van der Waals surface area contributed by atoms with E-state index in [1.807, 2.05) is 0 Å². The zero-order valence-corrected chi connectivity index (χ0v) is 16.4. The van der Waals surface area contributed by atoms with Gasteiger partial charge in [0.2, 0.25) is 0 Å². The monoisotopic (exact) mass is 439 g/mol. The van der Waals surface area contributed by atoms with Crippen LogP contribution in [0.2, 0.25) is 0 Å². The number of anilines is 2. The van der Waals surface area contributed by atoms with Gasteiger partial charge in [0.25, 0.3) is 0 Å². The van der Waals surface area contributed by atoms with Crippen LogP contribution in [0.3, 0.4) is 0 Å². The molecular formula is C18H19F2N5O4S. The number of nitrogens with one attached hydrogen (secondary N) is 1. The molecule has 1 atom stereocenters. The summed E-state index contributed by atoms with van der Waals surface area (Å²) in [5, 5.41) is 2.37. The number of carbonyl (C=O) groups is 3. The van der Waals surface area contributed by atoms with Gasteiger partial charge in [-0.1, -0.05) is 0 Å². The van der Waals surface area contributed by atoms with Crippen LogP contribution in [0.4, 0.5) is 29.1 Å². The molecule has 30 heavy (non-hydrogen) atoms. The molecule has 0 spiro atoms. The van der Waals surface area contributed by atoms with Gasteiger partial charge in [0.15, 0.2) is 0 Å². The van der Waals surface area contributed by atoms with Crippen LogP contribution in [0.25, 0.3) is 10.4 Å². The van der Waals surface area contributed by atoms with Gasteiger partial charge in [0.1, 0.15) is 28.4 Å². The van der Waals surface area contributed by atoms with Crippen LogP contribution in [0, 0.1) is 11.6 Å². The molecule has 0 radical (unpaired) electrons. The molecule has 1 aromatic heterocycles. The zero-order chi connectivity index (χ0) is 22.0. The number of rotatable bonds is 4. The first-order chi connectivity index (χ1) is 14.2. The number of ether oxygens (including phenoxy) is 1. The van der Waals surface area contributed by atoms with Crippen LogP contribution in [0.1, 0.15) is 23.2 Å². The Morgan fingerprint density at radius 3 is 2.43 bits per heavy atom. The highest BCUT2D eigenvalue weighted by Crippen LogP contribution is 2.37. The molecule has 2 heterocycles. The highest BCUT2D eigenvalue weighted by atomic mass is 32.1. The highest BCUT2D eigenvalue weighted by Gasteiger charge is 2.28. The summed E-state index contributed by atoms with van der Waals surface area (Å²) in [6.45, 7) is 0.611. The number of nitrogens with two attached hydrogens (primary N) is 3. The molecule has 1 saturated heterocycles. The van der Waals surface area contributed by atoms with Crippen molar-refractivity contribution in [2.24, 2.45) is 11.5 Å². The lowest BCUT2D eigenvalue weighted by molar-refractivity contribution is 0.0129. The summed E-state index contributed by atoms with van der Waals surface area (Å²) in [7, 11) is 0. The lowest BCUT2D eigenvalue weighted by atomic mass is 10.1. The average molecular weight is 439 g/mol. The Hall–Kier alpha value is -3.41. The van der Waals surface area contributed by atoms with Crippen molar-refractivity contribution in [3.63, 3.8) is 0 Å². The number of urea groups is 2. The first-order valence-electron chi connectivity index (χ1n) is 8.86. The molecule has 1 unspecified atom stereocenters. The molecule has 7 N–H and O–H groups in total. The normalized spacial score (nSPS) is 16.2. The first kappa shape index (κ1) is 21.3. The van der Waals surface area contributed by atoms with Gasteiger partial charge in [0.05, 0.1) is 12.1 Å². The maximum atomic E-state index is 13.8. The van der Waals surface area contributed by atoms with E-state index < -0.39 is 41.5 Å². The zero-order valence-electron chi connectivity index (χ0n) is 15.6. The fraction of sp³-hybridized carbons (Fsp3) is 0.278. The van der Waals surface area contributed by atoms with E-state index >= 15 is 0 Å². The van der Waals surface area contributed by atoms with Crippen molar-refractivity contribution in [3.8, 4) is 10.4 Å². The first-order valence-corrected chi connectivity index (χ1v) is 9.68. The molecule has 0 bridgehead atoms. The van der Waals surface area contributed by atoms with Gasteiger partial charge < -0.3 is 26.8 Å². The summed E-state index contributed by atoms with van der Waals surface area (Å²) in [6.07, 6.45) is 0.543. The second-order valence-electron chi connectivity index (χ2n) is 6.65. The molecule has 160 valence electrons. The smallest absolute Gasteiger partial charge is 0.341 e. The van der Waals surface area contributed by atoms with E-state index in [4.69, 9.17) is 21.9 Å². The number of benzene rings is 1. The second kappa shape index (κ2) is 8.53. The van der Waals surface area contributed by atoms with Crippen LogP contribution < -0.4 is 22.5 Å². The third-order valence-corrected chi connectivity index (χ3v) is 5.62. The Bertz CT molecular complexity index is 989. The molecule has 2 aromatic rings. The van der Waals surface area contributed by atoms with Crippen LogP contribution in [0.5, 0.6) is 0 Å². The molecular weight excluding hydrogens is 420 g/mol. The molecule has 1 aliphatic rings. The number of primary amides is 2. The Balaban J connectivity index is 1.88. The Kier molecular flexibility index (Phi) is 6.06. The van der Waals surface area contributed by atoms with Crippen molar-refractivity contribution in [2.75, 3.05) is 24.1 Å². The maximum absolute atomic E-state index is 13.8. The van der Waals surface area contributed by atoms with Crippen LogP contribution in [-0.4, -0.2) is 42.1 Å². The van der Waals surface area contributed by atoms with E-state index in [0.29, 0.717) is 19.4 Å². The number of thiophene rings is 1. The molecule has 4 amide bonds. The van der Waals surface area contributed by atoms with Crippen molar-refractivity contribution >= 4 is 40.1 Å². The number of amides is 4. The standard InChI is InChI=1S/C18H19F2N5O4S/c19-11-4-8(5-12(20)14(11)21)13-6-10(15(30-13)24-17(22)27)16(26)29-9-2-1-3-25(7-9)18(23)28/h4-6,9H,1-3,7,21H2,(H2,23,28)(H3,22,24,27). The minimum Gasteiger partial charge on any atom is -0.457 e. The van der Waals surface area contributed by atoms with Gasteiger partial charge in [-0.15, -0.1) is 11.3 Å². The molecule has 3 rings (SSSR count). The van der Waals surface area contributed by atoms with E-state index in [0.717, 1.165) is 23.5 Å². The number of piperidine rings is 1. The average Bonchev–Trinajstić information content (AvgIpc) is 3.09. The number of hydrogen-bond donors (Lipinski definition) is 4. The van der Waals surface area contributed by atoms with E-state index in [-0.39, 0.29) is 27.5 Å². The summed E-state index contributed by atoms with van der Waals surface area (Å²) in [4.78, 5) is 37.0. The summed E-state index contributed by atoms with van der Waals surface area (Å²) < 4.78 is 33.1. The Morgan fingerprint density at radius 1 is 1.17 bits per heavy atom. The predicted octanol–water partition coefficient (Wildman–Crippen LogP) is 2.47. The quantitative estimate of drug-likeness (QED) is 0.426. The fourth-order valence-corrected chi connectivity index (χ4v) is 4.10. The van der Waals surface area contributed by atoms with Gasteiger partial charge in [-0.2, -0.15) is 0 Å². The number of carbonyl (C=O) groups excluding carboxylic acids is 3. The van der Waals surface area contributed by atoms with Gasteiger partial charge in [-0.3, -0.25) is 5.32 Å². The third kappa shape index (κ3) is 4.59. The third-order valence-electron chi connectivity index (χ3n) is 4.52. The number of nitrogen functional groups attached to an aromatic ring is 1.